The van der Waals surface area contributed by atoms with Gasteiger partial charge in [0, 0.05) is 22.6 Å². The van der Waals surface area contributed by atoms with Crippen molar-refractivity contribution in [2.45, 2.75) is 46.3 Å². The molecule has 3 rings (SSSR count). The van der Waals surface area contributed by atoms with Crippen LogP contribution in [0.5, 0.6) is 0 Å². The normalized spacial score (nSPS) is 16.4. The molecule has 1 atom stereocenters. The molecule has 0 aromatic heterocycles. The minimum absolute atomic E-state index is 0.0115. The largest absolute Gasteiger partial charge is 0.444 e. The molecule has 2 aromatic carbocycles. The zero-order valence-corrected chi connectivity index (χ0v) is 17.7. The maximum atomic E-state index is 13.1. The zero-order valence-electron chi connectivity index (χ0n) is 16.1. The number of benzene rings is 2. The van der Waals surface area contributed by atoms with Gasteiger partial charge in [-0.1, -0.05) is 51.1 Å². The Hall–Kier alpha value is -2.41. The van der Waals surface area contributed by atoms with Crippen molar-refractivity contribution in [1.29, 1.82) is 0 Å². The van der Waals surface area contributed by atoms with E-state index in [9.17, 15) is 14.9 Å². The molecular weight excluding hydrogens is 424 g/mol. The second kappa shape index (κ2) is 7.91. The fraction of sp³-hybridized carbons (Fsp3) is 0.381. The van der Waals surface area contributed by atoms with Crippen LogP contribution in [0.2, 0.25) is 0 Å². The van der Waals surface area contributed by atoms with Crippen molar-refractivity contribution in [3.63, 3.8) is 0 Å². The third-order valence-corrected chi connectivity index (χ3v) is 5.58. The van der Waals surface area contributed by atoms with E-state index >= 15 is 0 Å². The van der Waals surface area contributed by atoms with Crippen LogP contribution in [0.25, 0.3) is 0 Å². The second-order valence-corrected chi connectivity index (χ2v) is 8.88. The number of fused-ring (bicyclic) bond motifs is 1. The number of ether oxygens (including phenoxy) is 1. The van der Waals surface area contributed by atoms with Crippen LogP contribution >= 0.6 is 15.9 Å². The lowest BCUT2D eigenvalue weighted by Gasteiger charge is -2.43. The third-order valence-electron chi connectivity index (χ3n) is 4.98. The molecule has 0 saturated carbocycles. The number of nitro groups is 1. The van der Waals surface area contributed by atoms with Crippen molar-refractivity contribution in [3.8, 4) is 0 Å². The molecule has 0 aliphatic carbocycles. The van der Waals surface area contributed by atoms with E-state index in [1.165, 1.54) is 6.07 Å². The van der Waals surface area contributed by atoms with E-state index in [-0.39, 0.29) is 23.8 Å². The number of halogens is 1. The molecule has 0 fully saturated rings. The van der Waals surface area contributed by atoms with Crippen molar-refractivity contribution in [1.82, 2.24) is 0 Å². The molecular formula is C21H23BrN2O4. The highest BCUT2D eigenvalue weighted by Gasteiger charge is 2.40. The van der Waals surface area contributed by atoms with Crippen LogP contribution < -0.4 is 4.90 Å². The molecule has 6 nitrogen and oxygen atoms in total. The summed E-state index contributed by atoms with van der Waals surface area (Å²) in [5.41, 5.74) is 2.18. The summed E-state index contributed by atoms with van der Waals surface area (Å²) in [4.78, 5) is 25.6. The van der Waals surface area contributed by atoms with Gasteiger partial charge in [-0.2, -0.15) is 0 Å². The maximum absolute atomic E-state index is 13.1. The Morgan fingerprint density at radius 2 is 1.96 bits per heavy atom. The van der Waals surface area contributed by atoms with Gasteiger partial charge in [-0.3, -0.25) is 15.0 Å². The molecule has 28 heavy (non-hydrogen) atoms. The monoisotopic (exact) mass is 446 g/mol. The van der Waals surface area contributed by atoms with E-state index in [0.717, 1.165) is 11.1 Å². The van der Waals surface area contributed by atoms with Gasteiger partial charge in [0.25, 0.3) is 5.69 Å². The molecule has 0 saturated heterocycles. The smallest absolute Gasteiger partial charge is 0.414 e. The Bertz CT molecular complexity index is 893. The molecule has 0 bridgehead atoms. The van der Waals surface area contributed by atoms with Gasteiger partial charge in [-0.05, 0) is 45.3 Å². The molecule has 0 spiro atoms. The number of anilines is 1. The fourth-order valence-electron chi connectivity index (χ4n) is 3.61. The van der Waals surface area contributed by atoms with Crippen molar-refractivity contribution in [2.24, 2.45) is 5.41 Å². The quantitative estimate of drug-likeness (QED) is 0.436. The van der Waals surface area contributed by atoms with Crippen LogP contribution in [-0.4, -0.2) is 17.1 Å². The summed E-state index contributed by atoms with van der Waals surface area (Å²) < 4.78 is 6.14. The molecule has 1 aliphatic rings. The molecule has 1 heterocycles. The predicted octanol–water partition coefficient (Wildman–Crippen LogP) is 5.86. The van der Waals surface area contributed by atoms with Gasteiger partial charge in [0.15, 0.2) is 0 Å². The minimum Gasteiger partial charge on any atom is -0.444 e. The Morgan fingerprint density at radius 1 is 1.29 bits per heavy atom. The standard InChI is InChI=1S/C21H23BrN2O4/c1-21(2,3)18-10-9-15-11-16(24(26)27)12-17(22)19(15)23(18)20(25)28-13-14-7-5-4-6-8-14/h4-8,11-12,18H,9-10,13H2,1-3H3. The maximum Gasteiger partial charge on any atom is 0.414 e. The summed E-state index contributed by atoms with van der Waals surface area (Å²) in [5.74, 6) is 0. The number of aryl methyl sites for hydroxylation is 1. The first-order valence-electron chi connectivity index (χ1n) is 9.15. The van der Waals surface area contributed by atoms with Gasteiger partial charge >= 0.3 is 6.09 Å². The second-order valence-electron chi connectivity index (χ2n) is 8.02. The van der Waals surface area contributed by atoms with Crippen molar-refractivity contribution < 1.29 is 14.5 Å². The van der Waals surface area contributed by atoms with E-state index in [0.29, 0.717) is 23.0 Å². The molecule has 1 amide bonds. The van der Waals surface area contributed by atoms with Crippen LogP contribution in [0, 0.1) is 15.5 Å². The third kappa shape index (κ3) is 4.19. The number of non-ortho nitro benzene ring substituents is 1. The van der Waals surface area contributed by atoms with Crippen molar-refractivity contribution in [2.75, 3.05) is 4.90 Å². The Kier molecular flexibility index (Phi) is 5.74. The van der Waals surface area contributed by atoms with Gasteiger partial charge in [0.1, 0.15) is 6.61 Å². The molecule has 0 N–H and O–H groups in total. The predicted molar refractivity (Wildman–Crippen MR) is 111 cm³/mol. The summed E-state index contributed by atoms with van der Waals surface area (Å²) in [5, 5.41) is 11.2. The lowest BCUT2D eigenvalue weighted by atomic mass is 9.79. The minimum atomic E-state index is -0.445. The SMILES string of the molecule is CC(C)(C)C1CCc2cc([N+](=O)[O-])cc(Br)c2N1C(=O)OCc1ccccc1. The number of hydrogen-bond acceptors (Lipinski definition) is 4. The average Bonchev–Trinajstić information content (AvgIpc) is 2.65. The van der Waals surface area contributed by atoms with Crippen LogP contribution in [-0.2, 0) is 17.8 Å². The lowest BCUT2D eigenvalue weighted by molar-refractivity contribution is -0.385. The van der Waals surface area contributed by atoms with Gasteiger partial charge in [0.05, 0.1) is 10.6 Å². The van der Waals surface area contributed by atoms with Gasteiger partial charge in [0.2, 0.25) is 0 Å². The van der Waals surface area contributed by atoms with E-state index in [1.54, 1.807) is 11.0 Å². The number of carbonyl (C=O) groups is 1. The van der Waals surface area contributed by atoms with Crippen LogP contribution in [0.1, 0.15) is 38.3 Å². The number of rotatable bonds is 3. The highest BCUT2D eigenvalue weighted by molar-refractivity contribution is 9.10. The molecule has 2 aromatic rings. The number of nitrogens with zero attached hydrogens (tertiary/aromatic N) is 2. The van der Waals surface area contributed by atoms with Gasteiger partial charge in [-0.15, -0.1) is 0 Å². The molecule has 148 valence electrons. The summed E-state index contributed by atoms with van der Waals surface area (Å²) in [7, 11) is 0. The van der Waals surface area contributed by atoms with E-state index in [2.05, 4.69) is 36.7 Å². The van der Waals surface area contributed by atoms with Crippen LogP contribution in [0.15, 0.2) is 46.9 Å². The number of carbonyl (C=O) groups excluding carboxylic acids is 1. The highest BCUT2D eigenvalue weighted by atomic mass is 79.9. The fourth-order valence-corrected chi connectivity index (χ4v) is 4.29. The number of nitro benzene ring substituents is 1. The summed E-state index contributed by atoms with van der Waals surface area (Å²) in [6.45, 7) is 6.42. The van der Waals surface area contributed by atoms with Gasteiger partial charge in [-0.25, -0.2) is 4.79 Å². The Labute approximate surface area is 172 Å². The first-order valence-corrected chi connectivity index (χ1v) is 9.94. The van der Waals surface area contributed by atoms with E-state index < -0.39 is 11.0 Å². The average molecular weight is 447 g/mol. The van der Waals surface area contributed by atoms with E-state index in [4.69, 9.17) is 4.74 Å². The first kappa shape index (κ1) is 20.3. The van der Waals surface area contributed by atoms with E-state index in [1.807, 2.05) is 30.3 Å². The molecule has 0 radical (unpaired) electrons. The molecule has 7 heteroatoms. The first-order chi connectivity index (χ1) is 13.2. The van der Waals surface area contributed by atoms with Crippen molar-refractivity contribution >= 4 is 33.4 Å². The number of hydrogen-bond donors (Lipinski definition) is 0. The van der Waals surface area contributed by atoms with Crippen LogP contribution in [0.4, 0.5) is 16.2 Å². The van der Waals surface area contributed by atoms with Crippen molar-refractivity contribution in [3.05, 3.63) is 68.2 Å². The molecule has 1 aliphatic heterocycles. The topological polar surface area (TPSA) is 72.7 Å². The summed E-state index contributed by atoms with van der Waals surface area (Å²) in [6, 6.07) is 12.4. The number of amides is 1. The molecule has 1 unspecified atom stereocenters. The zero-order chi connectivity index (χ0) is 20.5. The summed E-state index contributed by atoms with van der Waals surface area (Å²) >= 11 is 3.45. The highest BCUT2D eigenvalue weighted by Crippen LogP contribution is 2.44. The van der Waals surface area contributed by atoms with Gasteiger partial charge < -0.3 is 4.74 Å². The summed E-state index contributed by atoms with van der Waals surface area (Å²) in [6.07, 6.45) is 0.934. The Balaban J connectivity index is 1.97. The Morgan fingerprint density at radius 3 is 2.57 bits per heavy atom. The van der Waals surface area contributed by atoms with Crippen LogP contribution in [0.3, 0.4) is 0 Å². The lowest BCUT2D eigenvalue weighted by Crippen LogP contribution is -2.50.